The van der Waals surface area contributed by atoms with E-state index in [1.165, 1.54) is 0 Å². The first-order chi connectivity index (χ1) is 15.8. The van der Waals surface area contributed by atoms with E-state index in [9.17, 15) is 0 Å². The fourth-order valence-corrected chi connectivity index (χ4v) is 5.03. The van der Waals surface area contributed by atoms with E-state index >= 15 is 0 Å². The zero-order valence-electron chi connectivity index (χ0n) is 16.9. The molecule has 0 saturated heterocycles. The Hall–Kier alpha value is -3.92. The van der Waals surface area contributed by atoms with Gasteiger partial charge in [0.1, 0.15) is 34.1 Å². The Morgan fingerprint density at radius 2 is 1.34 bits per heavy atom. The number of hydrogen-bond donors (Lipinski definition) is 0. The molecule has 0 fully saturated rings. The quantitative estimate of drug-likeness (QED) is 0.293. The van der Waals surface area contributed by atoms with Crippen LogP contribution in [0, 0.1) is 0 Å². The molecular formula is C25H16AlN3O3. The summed E-state index contributed by atoms with van der Waals surface area (Å²) in [7, 11) is 0. The van der Waals surface area contributed by atoms with Gasteiger partial charge in [-0.25, -0.2) is 0 Å². The van der Waals surface area contributed by atoms with Gasteiger partial charge in [-0.1, -0.05) is 54.6 Å². The SMILES string of the molecule is c1ccc2c(c1)N=Nc1cc3ccccc3cc1[O][Al]([O]c1cccc3cccnc13)[O]2. The number of aromatic nitrogens is 1. The minimum atomic E-state index is -2.78. The third-order valence-corrected chi connectivity index (χ3v) is 6.56. The Kier molecular flexibility index (Phi) is 4.69. The highest BCUT2D eigenvalue weighted by Gasteiger charge is 2.46. The van der Waals surface area contributed by atoms with Crippen LogP contribution in [-0.4, -0.2) is 20.1 Å². The lowest BCUT2D eigenvalue weighted by Crippen LogP contribution is -2.37. The van der Waals surface area contributed by atoms with E-state index < -0.39 is 15.1 Å². The summed E-state index contributed by atoms with van der Waals surface area (Å²) in [5.74, 6) is 1.76. The van der Waals surface area contributed by atoms with Gasteiger partial charge < -0.3 is 11.4 Å². The molecule has 0 saturated carbocycles. The molecule has 0 aliphatic carbocycles. The molecule has 1 aliphatic rings. The first-order valence-electron chi connectivity index (χ1n) is 10.2. The Bertz CT molecular complexity index is 1480. The second kappa shape index (κ2) is 7.97. The standard InChI is InChI=1S/C16H12N2O2.C9H7NO.Al/c19-15-8-4-3-7-13(15)17-18-14-9-11-5-1-2-6-12(11)10-16(14)20;11-8-5-1-3-7-4-2-6-10-9(7)8;/h1-10,19-20H;1-6,11H;/q;;+3/p-3. The molecule has 0 spiro atoms. The molecule has 1 aliphatic heterocycles. The number of para-hydroxylation sites is 2. The molecule has 4 aromatic carbocycles. The highest BCUT2D eigenvalue weighted by Crippen LogP contribution is 2.38. The number of benzene rings is 4. The van der Waals surface area contributed by atoms with Crippen LogP contribution in [0.2, 0.25) is 0 Å². The molecule has 0 unspecified atom stereocenters. The van der Waals surface area contributed by atoms with Crippen molar-refractivity contribution in [2.75, 3.05) is 0 Å². The average molecular weight is 433 g/mol. The van der Waals surface area contributed by atoms with E-state index in [1.54, 1.807) is 6.20 Å². The van der Waals surface area contributed by atoms with Gasteiger partial charge >= 0.3 is 15.1 Å². The van der Waals surface area contributed by atoms with Crippen molar-refractivity contribution in [2.24, 2.45) is 10.2 Å². The van der Waals surface area contributed by atoms with E-state index in [0.717, 1.165) is 21.7 Å². The molecule has 5 aromatic rings. The predicted molar refractivity (Wildman–Crippen MR) is 124 cm³/mol. The smallest absolute Gasteiger partial charge is 0.576 e. The second-order valence-electron chi connectivity index (χ2n) is 7.31. The van der Waals surface area contributed by atoms with Gasteiger partial charge in [-0.15, -0.1) is 10.2 Å². The molecule has 152 valence electrons. The summed E-state index contributed by atoms with van der Waals surface area (Å²) in [6.07, 6.45) is 1.75. The number of pyridine rings is 1. The summed E-state index contributed by atoms with van der Waals surface area (Å²) in [6.45, 7) is 0. The summed E-state index contributed by atoms with van der Waals surface area (Å²) < 4.78 is 18.9. The Morgan fingerprint density at radius 3 is 2.28 bits per heavy atom. The van der Waals surface area contributed by atoms with Crippen LogP contribution in [0.3, 0.4) is 0 Å². The van der Waals surface area contributed by atoms with E-state index in [4.69, 9.17) is 11.4 Å². The maximum Gasteiger partial charge on any atom is 1.20 e. The first-order valence-corrected chi connectivity index (χ1v) is 11.6. The highest BCUT2D eigenvalue weighted by molar-refractivity contribution is 6.40. The Morgan fingerprint density at radius 1 is 0.625 bits per heavy atom. The van der Waals surface area contributed by atoms with Crippen molar-refractivity contribution in [1.82, 2.24) is 4.98 Å². The fraction of sp³-hybridized carbons (Fsp3) is 0. The van der Waals surface area contributed by atoms with Crippen LogP contribution < -0.4 is 11.4 Å². The molecule has 0 N–H and O–H groups in total. The normalized spacial score (nSPS) is 12.7. The fourth-order valence-electron chi connectivity index (χ4n) is 3.68. The van der Waals surface area contributed by atoms with Crippen molar-refractivity contribution < 1.29 is 11.4 Å². The van der Waals surface area contributed by atoms with Gasteiger partial charge in [-0.3, -0.25) is 4.98 Å². The average Bonchev–Trinajstić information content (AvgIpc) is 2.90. The van der Waals surface area contributed by atoms with Gasteiger partial charge in [-0.05, 0) is 47.2 Å². The van der Waals surface area contributed by atoms with Gasteiger partial charge in [0.25, 0.3) is 0 Å². The molecule has 0 atom stereocenters. The van der Waals surface area contributed by atoms with Crippen molar-refractivity contribution in [1.29, 1.82) is 0 Å². The summed E-state index contributed by atoms with van der Waals surface area (Å²) in [4.78, 5) is 4.49. The van der Waals surface area contributed by atoms with Crippen LogP contribution in [0.15, 0.2) is 107 Å². The largest absolute Gasteiger partial charge is 1.20 e. The van der Waals surface area contributed by atoms with Crippen LogP contribution in [-0.2, 0) is 0 Å². The van der Waals surface area contributed by atoms with Gasteiger partial charge in [0.15, 0.2) is 0 Å². The van der Waals surface area contributed by atoms with E-state index in [-0.39, 0.29) is 0 Å². The monoisotopic (exact) mass is 433 g/mol. The van der Waals surface area contributed by atoms with Gasteiger partial charge in [-0.2, -0.15) is 0 Å². The number of azo groups is 1. The van der Waals surface area contributed by atoms with E-state index in [0.29, 0.717) is 28.6 Å². The minimum Gasteiger partial charge on any atom is -0.576 e. The summed E-state index contributed by atoms with van der Waals surface area (Å²) in [6, 6.07) is 29.2. The molecule has 0 radical (unpaired) electrons. The van der Waals surface area contributed by atoms with E-state index in [1.807, 2.05) is 91.0 Å². The van der Waals surface area contributed by atoms with Crippen LogP contribution in [0.1, 0.15) is 0 Å². The maximum atomic E-state index is 6.35. The topological polar surface area (TPSA) is 65.3 Å². The first kappa shape index (κ1) is 18.8. The molecular weight excluding hydrogens is 417 g/mol. The molecule has 6 rings (SSSR count). The molecule has 6 nitrogen and oxygen atoms in total. The lowest BCUT2D eigenvalue weighted by molar-refractivity contribution is 0.310. The number of rotatable bonds is 2. The number of fused-ring (bicyclic) bond motifs is 4. The second-order valence-corrected chi connectivity index (χ2v) is 8.59. The third kappa shape index (κ3) is 3.54. The van der Waals surface area contributed by atoms with Crippen molar-refractivity contribution in [3.63, 3.8) is 0 Å². The zero-order chi connectivity index (χ0) is 21.3. The summed E-state index contributed by atoms with van der Waals surface area (Å²) in [5.41, 5.74) is 2.01. The highest BCUT2D eigenvalue weighted by atomic mass is 27.3. The van der Waals surface area contributed by atoms with Crippen LogP contribution in [0.25, 0.3) is 21.7 Å². The molecule has 7 heteroatoms. The minimum absolute atomic E-state index is 0.568. The van der Waals surface area contributed by atoms with Crippen LogP contribution in [0.4, 0.5) is 11.4 Å². The summed E-state index contributed by atoms with van der Waals surface area (Å²) >= 11 is -2.78. The van der Waals surface area contributed by atoms with Crippen LogP contribution in [0.5, 0.6) is 17.2 Å². The van der Waals surface area contributed by atoms with Crippen molar-refractivity contribution in [3.05, 3.63) is 97.2 Å². The van der Waals surface area contributed by atoms with Gasteiger partial charge in [0.2, 0.25) is 0 Å². The zero-order valence-corrected chi connectivity index (χ0v) is 18.0. The number of hydrogen-bond acceptors (Lipinski definition) is 6. The lowest BCUT2D eigenvalue weighted by Gasteiger charge is -2.18. The summed E-state index contributed by atoms with van der Waals surface area (Å²) in [5, 5.41) is 12.0. The van der Waals surface area contributed by atoms with E-state index in [2.05, 4.69) is 15.2 Å². The van der Waals surface area contributed by atoms with Crippen molar-refractivity contribution in [3.8, 4) is 17.2 Å². The lowest BCUT2D eigenvalue weighted by atomic mass is 10.1. The Balaban J connectivity index is 1.47. The van der Waals surface area contributed by atoms with Crippen LogP contribution >= 0.6 is 0 Å². The van der Waals surface area contributed by atoms with Gasteiger partial charge in [0, 0.05) is 11.6 Å². The molecule has 2 heterocycles. The molecule has 1 aromatic heterocycles. The van der Waals surface area contributed by atoms with Crippen molar-refractivity contribution >= 4 is 48.2 Å². The van der Waals surface area contributed by atoms with Gasteiger partial charge in [0.05, 0.1) is 0 Å². The molecule has 0 amide bonds. The third-order valence-electron chi connectivity index (χ3n) is 5.22. The molecule has 0 bridgehead atoms. The number of nitrogens with zero attached hydrogens (tertiary/aromatic N) is 3. The Labute approximate surface area is 189 Å². The predicted octanol–water partition coefficient (Wildman–Crippen LogP) is 6.64. The molecule has 32 heavy (non-hydrogen) atoms. The van der Waals surface area contributed by atoms with Crippen molar-refractivity contribution in [2.45, 2.75) is 0 Å². The maximum absolute atomic E-state index is 6.35.